The molecule has 0 amide bonds. The van der Waals surface area contributed by atoms with Gasteiger partial charge in [0.1, 0.15) is 0 Å². The maximum atomic E-state index is 5.54. The van der Waals surface area contributed by atoms with Gasteiger partial charge in [-0.15, -0.1) is 0 Å². The van der Waals surface area contributed by atoms with Crippen LogP contribution in [-0.2, 0) is 0 Å². The third kappa shape index (κ3) is 0.973. The Bertz CT molecular complexity index is 396. The molecule has 0 saturated carbocycles. The SMILES string of the molecule is Nc1noc2c(I)cccc12. The minimum atomic E-state index is 0.457. The van der Waals surface area contributed by atoms with Gasteiger partial charge < -0.3 is 10.3 Å². The van der Waals surface area contributed by atoms with Crippen LogP contribution in [0, 0.1) is 3.57 Å². The summed E-state index contributed by atoms with van der Waals surface area (Å²) in [5, 5.41) is 4.54. The predicted molar refractivity (Wildman–Crippen MR) is 51.1 cm³/mol. The number of aromatic nitrogens is 1. The quantitative estimate of drug-likeness (QED) is 0.737. The van der Waals surface area contributed by atoms with Crippen molar-refractivity contribution in [2.75, 3.05) is 5.73 Å². The maximum absolute atomic E-state index is 5.54. The molecule has 0 fully saturated rings. The third-order valence-electron chi connectivity index (χ3n) is 1.48. The lowest BCUT2D eigenvalue weighted by Gasteiger charge is -1.88. The number of halogens is 1. The number of rotatable bonds is 0. The molecule has 1 heterocycles. The van der Waals surface area contributed by atoms with E-state index in [1.54, 1.807) is 0 Å². The number of nitrogens with zero attached hydrogens (tertiary/aromatic N) is 1. The summed E-state index contributed by atoms with van der Waals surface area (Å²) < 4.78 is 6.03. The lowest BCUT2D eigenvalue weighted by Crippen LogP contribution is -1.82. The number of para-hydroxylation sites is 1. The van der Waals surface area contributed by atoms with E-state index in [9.17, 15) is 0 Å². The van der Waals surface area contributed by atoms with Crippen molar-refractivity contribution in [3.05, 3.63) is 21.8 Å². The fourth-order valence-corrected chi connectivity index (χ4v) is 1.54. The number of fused-ring (bicyclic) bond motifs is 1. The van der Waals surface area contributed by atoms with Gasteiger partial charge in [-0.3, -0.25) is 0 Å². The zero-order valence-electron chi connectivity index (χ0n) is 5.54. The van der Waals surface area contributed by atoms with Crippen molar-refractivity contribution < 1.29 is 4.52 Å². The van der Waals surface area contributed by atoms with Gasteiger partial charge in [0.05, 0.1) is 8.96 Å². The lowest BCUT2D eigenvalue weighted by atomic mass is 10.2. The largest absolute Gasteiger partial charge is 0.380 e. The second-order valence-corrected chi connectivity index (χ2v) is 3.35. The van der Waals surface area contributed by atoms with Crippen molar-refractivity contribution in [2.45, 2.75) is 0 Å². The third-order valence-corrected chi connectivity index (χ3v) is 2.33. The van der Waals surface area contributed by atoms with Crippen LogP contribution < -0.4 is 5.73 Å². The van der Waals surface area contributed by atoms with E-state index in [4.69, 9.17) is 10.3 Å². The highest BCUT2D eigenvalue weighted by molar-refractivity contribution is 14.1. The Morgan fingerprint density at radius 2 is 2.27 bits per heavy atom. The summed E-state index contributed by atoms with van der Waals surface area (Å²) in [7, 11) is 0. The predicted octanol–water partition coefficient (Wildman–Crippen LogP) is 2.01. The molecule has 2 N–H and O–H groups in total. The average molecular weight is 260 g/mol. The Morgan fingerprint density at radius 1 is 1.45 bits per heavy atom. The smallest absolute Gasteiger partial charge is 0.182 e. The highest BCUT2D eigenvalue weighted by Gasteiger charge is 2.05. The van der Waals surface area contributed by atoms with Crippen molar-refractivity contribution in [3.63, 3.8) is 0 Å². The van der Waals surface area contributed by atoms with E-state index in [0.717, 1.165) is 14.5 Å². The number of benzene rings is 1. The molecule has 0 aliphatic heterocycles. The van der Waals surface area contributed by atoms with Gasteiger partial charge in [-0.1, -0.05) is 11.2 Å². The molecule has 11 heavy (non-hydrogen) atoms. The molecular formula is C7H5IN2O. The summed E-state index contributed by atoms with van der Waals surface area (Å²) in [5.74, 6) is 0.457. The molecule has 3 nitrogen and oxygen atoms in total. The fraction of sp³-hybridized carbons (Fsp3) is 0. The van der Waals surface area contributed by atoms with Gasteiger partial charge in [-0.05, 0) is 34.7 Å². The van der Waals surface area contributed by atoms with Gasteiger partial charge in [-0.2, -0.15) is 0 Å². The zero-order valence-corrected chi connectivity index (χ0v) is 7.70. The van der Waals surface area contributed by atoms with Gasteiger partial charge in [0.15, 0.2) is 11.4 Å². The van der Waals surface area contributed by atoms with Gasteiger partial charge in [0.2, 0.25) is 0 Å². The van der Waals surface area contributed by atoms with Gasteiger partial charge in [-0.25, -0.2) is 0 Å². The number of hydrogen-bond donors (Lipinski definition) is 1. The number of nitrogen functional groups attached to an aromatic ring is 1. The van der Waals surface area contributed by atoms with Crippen molar-refractivity contribution in [1.29, 1.82) is 0 Å². The summed E-state index contributed by atoms with van der Waals surface area (Å²) in [5.41, 5.74) is 6.31. The highest BCUT2D eigenvalue weighted by atomic mass is 127. The minimum Gasteiger partial charge on any atom is -0.380 e. The average Bonchev–Trinajstić information content (AvgIpc) is 2.35. The van der Waals surface area contributed by atoms with E-state index in [1.807, 2.05) is 18.2 Å². The minimum absolute atomic E-state index is 0.457. The van der Waals surface area contributed by atoms with Crippen molar-refractivity contribution in [1.82, 2.24) is 5.16 Å². The fourth-order valence-electron chi connectivity index (χ4n) is 0.947. The van der Waals surface area contributed by atoms with Crippen molar-refractivity contribution in [3.8, 4) is 0 Å². The maximum Gasteiger partial charge on any atom is 0.182 e. The molecular weight excluding hydrogens is 255 g/mol. The standard InChI is InChI=1S/C7H5IN2O/c8-5-3-1-2-4-6(5)11-10-7(4)9/h1-3H,(H2,9,10). The Balaban J connectivity index is 2.94. The van der Waals surface area contributed by atoms with E-state index in [-0.39, 0.29) is 0 Å². The molecule has 56 valence electrons. The van der Waals surface area contributed by atoms with Crippen LogP contribution in [-0.4, -0.2) is 5.16 Å². The van der Waals surface area contributed by atoms with Crippen LogP contribution in [0.2, 0.25) is 0 Å². The van der Waals surface area contributed by atoms with E-state index in [0.29, 0.717) is 5.82 Å². The Kier molecular flexibility index (Phi) is 1.49. The van der Waals surface area contributed by atoms with Crippen LogP contribution in [0.25, 0.3) is 11.0 Å². The highest BCUT2D eigenvalue weighted by Crippen LogP contribution is 2.24. The summed E-state index contributed by atoms with van der Waals surface area (Å²) in [6.45, 7) is 0. The molecule has 0 bridgehead atoms. The molecule has 0 aliphatic rings. The second kappa shape index (κ2) is 2.37. The topological polar surface area (TPSA) is 52.0 Å². The second-order valence-electron chi connectivity index (χ2n) is 2.18. The first kappa shape index (κ1) is 6.90. The van der Waals surface area contributed by atoms with Crippen molar-refractivity contribution in [2.24, 2.45) is 0 Å². The van der Waals surface area contributed by atoms with Crippen LogP contribution in [0.5, 0.6) is 0 Å². The molecule has 0 spiro atoms. The van der Waals surface area contributed by atoms with E-state index in [2.05, 4.69) is 27.7 Å². The van der Waals surface area contributed by atoms with Crippen LogP contribution >= 0.6 is 22.6 Å². The molecule has 4 heteroatoms. The normalized spacial score (nSPS) is 10.6. The number of anilines is 1. The summed E-state index contributed by atoms with van der Waals surface area (Å²) >= 11 is 2.18. The van der Waals surface area contributed by atoms with E-state index in [1.165, 1.54) is 0 Å². The molecule has 2 aromatic rings. The zero-order chi connectivity index (χ0) is 7.84. The molecule has 0 aliphatic carbocycles. The number of hydrogen-bond acceptors (Lipinski definition) is 3. The van der Waals surface area contributed by atoms with E-state index >= 15 is 0 Å². The first-order chi connectivity index (χ1) is 5.29. The van der Waals surface area contributed by atoms with Gasteiger partial charge in [0, 0.05) is 0 Å². The van der Waals surface area contributed by atoms with Gasteiger partial charge in [0.25, 0.3) is 0 Å². The molecule has 0 radical (unpaired) electrons. The molecule has 1 aromatic heterocycles. The van der Waals surface area contributed by atoms with Crippen LogP contribution in [0.3, 0.4) is 0 Å². The molecule has 0 atom stereocenters. The van der Waals surface area contributed by atoms with E-state index < -0.39 is 0 Å². The summed E-state index contributed by atoms with van der Waals surface area (Å²) in [4.78, 5) is 0. The monoisotopic (exact) mass is 260 g/mol. The Labute approximate surface area is 76.7 Å². The Hall–Kier alpha value is -0.780. The summed E-state index contributed by atoms with van der Waals surface area (Å²) in [6, 6.07) is 5.77. The van der Waals surface area contributed by atoms with Gasteiger partial charge >= 0.3 is 0 Å². The first-order valence-electron chi connectivity index (χ1n) is 3.08. The molecule has 1 aromatic carbocycles. The Morgan fingerprint density at radius 3 is 3.00 bits per heavy atom. The molecule has 0 unspecified atom stereocenters. The van der Waals surface area contributed by atoms with Crippen LogP contribution in [0.4, 0.5) is 5.82 Å². The first-order valence-corrected chi connectivity index (χ1v) is 4.16. The summed E-state index contributed by atoms with van der Waals surface area (Å²) in [6.07, 6.45) is 0. The van der Waals surface area contributed by atoms with Crippen LogP contribution in [0.15, 0.2) is 22.7 Å². The molecule has 0 saturated heterocycles. The van der Waals surface area contributed by atoms with Crippen molar-refractivity contribution >= 4 is 39.4 Å². The number of nitrogens with two attached hydrogens (primary N) is 1. The molecule has 2 rings (SSSR count). The lowest BCUT2D eigenvalue weighted by molar-refractivity contribution is 0.459. The van der Waals surface area contributed by atoms with Crippen LogP contribution in [0.1, 0.15) is 0 Å².